The first-order valence-electron chi connectivity index (χ1n) is 6.92. The van der Waals surface area contributed by atoms with Crippen LogP contribution in [0.25, 0.3) is 0 Å². The van der Waals surface area contributed by atoms with E-state index in [0.29, 0.717) is 0 Å². The van der Waals surface area contributed by atoms with Crippen molar-refractivity contribution in [2.45, 2.75) is 12.8 Å². The quantitative estimate of drug-likeness (QED) is 0.698. The van der Waals surface area contributed by atoms with Crippen LogP contribution in [0.4, 0.5) is 5.69 Å². The third-order valence-electron chi connectivity index (χ3n) is 3.98. The Morgan fingerprint density at radius 3 is 2.63 bits per heavy atom. The van der Waals surface area contributed by atoms with Gasteiger partial charge in [-0.1, -0.05) is 42.5 Å². The summed E-state index contributed by atoms with van der Waals surface area (Å²) in [7, 11) is 0. The maximum atomic E-state index is 4.79. The van der Waals surface area contributed by atoms with Crippen molar-refractivity contribution in [1.29, 1.82) is 0 Å². The molecular formula is C17H16N2. The minimum Gasteiger partial charge on any atom is -0.326 e. The first kappa shape index (κ1) is 10.8. The summed E-state index contributed by atoms with van der Waals surface area (Å²) in [4.78, 5) is 7.19. The van der Waals surface area contributed by atoms with E-state index >= 15 is 0 Å². The second kappa shape index (κ2) is 4.23. The smallest absolute Gasteiger partial charge is 0.135 e. The summed E-state index contributed by atoms with van der Waals surface area (Å²) in [5, 5.41) is 0. The molecule has 2 nitrogen and oxygen atoms in total. The molecule has 94 valence electrons. The fourth-order valence-electron chi connectivity index (χ4n) is 3.09. The van der Waals surface area contributed by atoms with E-state index in [1.54, 1.807) is 0 Å². The third-order valence-corrected chi connectivity index (χ3v) is 3.98. The maximum absolute atomic E-state index is 4.79. The molecule has 0 amide bonds. The number of nitrogens with zero attached hydrogens (tertiary/aromatic N) is 2. The van der Waals surface area contributed by atoms with Gasteiger partial charge in [-0.05, 0) is 23.6 Å². The van der Waals surface area contributed by atoms with Gasteiger partial charge >= 0.3 is 0 Å². The number of aliphatic imine (C=N–C) groups is 1. The number of amidine groups is 1. The number of para-hydroxylation sites is 1. The molecule has 0 unspecified atom stereocenters. The highest BCUT2D eigenvalue weighted by molar-refractivity contribution is 6.12. The Kier molecular flexibility index (Phi) is 2.41. The molecule has 4 rings (SSSR count). The fraction of sp³-hybridized carbons (Fsp3) is 0.235. The molecule has 0 N–H and O–H groups in total. The van der Waals surface area contributed by atoms with E-state index in [0.717, 1.165) is 31.8 Å². The Bertz CT molecular complexity index is 658. The normalized spacial score (nSPS) is 16.8. The Balaban J connectivity index is 1.99. The van der Waals surface area contributed by atoms with Crippen molar-refractivity contribution in [3.8, 4) is 0 Å². The van der Waals surface area contributed by atoms with E-state index < -0.39 is 0 Å². The summed E-state index contributed by atoms with van der Waals surface area (Å²) >= 11 is 0. The number of hydrogen-bond acceptors (Lipinski definition) is 2. The lowest BCUT2D eigenvalue weighted by atomic mass is 10.0. The first-order chi connectivity index (χ1) is 9.43. The average molecular weight is 248 g/mol. The van der Waals surface area contributed by atoms with E-state index in [1.807, 2.05) is 0 Å². The molecule has 0 aromatic heterocycles. The molecule has 0 saturated carbocycles. The molecule has 0 aliphatic carbocycles. The molecule has 2 aliphatic rings. The summed E-state index contributed by atoms with van der Waals surface area (Å²) in [6, 6.07) is 17.4. The molecule has 0 fully saturated rings. The average Bonchev–Trinajstić information content (AvgIpc) is 2.62. The van der Waals surface area contributed by atoms with Crippen LogP contribution in [0, 0.1) is 0 Å². The molecule has 2 aromatic rings. The van der Waals surface area contributed by atoms with Gasteiger partial charge in [0.15, 0.2) is 0 Å². The molecule has 0 bridgehead atoms. The minimum absolute atomic E-state index is 0.947. The van der Waals surface area contributed by atoms with Crippen LogP contribution in [0.3, 0.4) is 0 Å². The molecule has 2 heterocycles. The molecule has 0 radical (unpaired) electrons. The van der Waals surface area contributed by atoms with Crippen LogP contribution < -0.4 is 4.90 Å². The molecule has 2 aromatic carbocycles. The third kappa shape index (κ3) is 1.67. The van der Waals surface area contributed by atoms with Gasteiger partial charge in [0, 0.05) is 30.8 Å². The molecular weight excluding hydrogens is 232 g/mol. The van der Waals surface area contributed by atoms with Crippen molar-refractivity contribution in [2.75, 3.05) is 18.0 Å². The van der Waals surface area contributed by atoms with Gasteiger partial charge in [0.25, 0.3) is 0 Å². The van der Waals surface area contributed by atoms with Crippen molar-refractivity contribution in [3.63, 3.8) is 0 Å². The number of rotatable bonds is 0. The Hall–Kier alpha value is -2.09. The SMILES string of the molecule is c1ccc2c(c1)Cc1ccccc1N1CCCN=C21. The minimum atomic E-state index is 0.947. The van der Waals surface area contributed by atoms with Crippen molar-refractivity contribution in [3.05, 3.63) is 65.2 Å². The molecule has 0 spiro atoms. The van der Waals surface area contributed by atoms with E-state index in [9.17, 15) is 0 Å². The molecule has 0 atom stereocenters. The van der Waals surface area contributed by atoms with Crippen LogP contribution >= 0.6 is 0 Å². The zero-order valence-electron chi connectivity index (χ0n) is 10.8. The van der Waals surface area contributed by atoms with Crippen LogP contribution in [0.2, 0.25) is 0 Å². The molecule has 19 heavy (non-hydrogen) atoms. The summed E-state index contributed by atoms with van der Waals surface area (Å²) in [6.07, 6.45) is 2.14. The predicted octanol–water partition coefficient (Wildman–Crippen LogP) is 3.25. The Labute approximate surface area is 113 Å². The van der Waals surface area contributed by atoms with Crippen molar-refractivity contribution in [2.24, 2.45) is 4.99 Å². The summed E-state index contributed by atoms with van der Waals surface area (Å²) in [5.41, 5.74) is 5.43. The lowest BCUT2D eigenvalue weighted by molar-refractivity contribution is 0.790. The number of fused-ring (bicyclic) bond motifs is 5. The highest BCUT2D eigenvalue weighted by atomic mass is 15.2. The van der Waals surface area contributed by atoms with Gasteiger partial charge in [-0.15, -0.1) is 0 Å². The zero-order chi connectivity index (χ0) is 12.7. The van der Waals surface area contributed by atoms with Gasteiger partial charge in [-0.2, -0.15) is 0 Å². The van der Waals surface area contributed by atoms with E-state index in [-0.39, 0.29) is 0 Å². The van der Waals surface area contributed by atoms with Crippen LogP contribution in [0.15, 0.2) is 53.5 Å². The largest absolute Gasteiger partial charge is 0.326 e. The molecule has 2 aliphatic heterocycles. The van der Waals surface area contributed by atoms with Crippen molar-refractivity contribution in [1.82, 2.24) is 0 Å². The fourth-order valence-corrected chi connectivity index (χ4v) is 3.09. The monoisotopic (exact) mass is 248 g/mol. The topological polar surface area (TPSA) is 15.6 Å². The highest BCUT2D eigenvalue weighted by Crippen LogP contribution is 2.32. The maximum Gasteiger partial charge on any atom is 0.135 e. The predicted molar refractivity (Wildman–Crippen MR) is 79.1 cm³/mol. The van der Waals surface area contributed by atoms with Gasteiger partial charge in [0.2, 0.25) is 0 Å². The van der Waals surface area contributed by atoms with Gasteiger partial charge in [-0.3, -0.25) is 4.99 Å². The summed E-state index contributed by atoms with van der Waals surface area (Å²) < 4.78 is 0. The number of hydrogen-bond donors (Lipinski definition) is 0. The lowest BCUT2D eigenvalue weighted by Gasteiger charge is -2.29. The lowest BCUT2D eigenvalue weighted by Crippen LogP contribution is -2.36. The van der Waals surface area contributed by atoms with Crippen LogP contribution in [0.5, 0.6) is 0 Å². The summed E-state index contributed by atoms with van der Waals surface area (Å²) in [5.74, 6) is 1.16. The van der Waals surface area contributed by atoms with Gasteiger partial charge in [0.05, 0.1) is 0 Å². The van der Waals surface area contributed by atoms with Crippen molar-refractivity contribution >= 4 is 11.5 Å². The van der Waals surface area contributed by atoms with Crippen LogP contribution in [-0.2, 0) is 6.42 Å². The van der Waals surface area contributed by atoms with Crippen LogP contribution in [-0.4, -0.2) is 18.9 Å². The second-order valence-electron chi connectivity index (χ2n) is 5.17. The molecule has 2 heteroatoms. The van der Waals surface area contributed by atoms with Crippen molar-refractivity contribution < 1.29 is 0 Å². The van der Waals surface area contributed by atoms with Gasteiger partial charge in [0.1, 0.15) is 5.84 Å². The Morgan fingerprint density at radius 1 is 0.895 bits per heavy atom. The second-order valence-corrected chi connectivity index (χ2v) is 5.17. The first-order valence-corrected chi connectivity index (χ1v) is 6.92. The van der Waals surface area contributed by atoms with Crippen LogP contribution in [0.1, 0.15) is 23.1 Å². The number of benzene rings is 2. The summed E-state index contributed by atoms with van der Waals surface area (Å²) in [6.45, 7) is 2.02. The number of anilines is 1. The van der Waals surface area contributed by atoms with E-state index in [1.165, 1.54) is 22.4 Å². The zero-order valence-corrected chi connectivity index (χ0v) is 10.8. The van der Waals surface area contributed by atoms with E-state index in [4.69, 9.17) is 4.99 Å². The highest BCUT2D eigenvalue weighted by Gasteiger charge is 2.25. The standard InChI is InChI=1S/C17H16N2/c1-3-8-15-13(6-1)12-14-7-2-4-9-16(14)19-11-5-10-18-17(15)19/h1-4,6-9H,5,10-12H2. The Morgan fingerprint density at radius 2 is 1.68 bits per heavy atom. The van der Waals surface area contributed by atoms with Gasteiger partial charge in [-0.25, -0.2) is 0 Å². The van der Waals surface area contributed by atoms with Gasteiger partial charge < -0.3 is 4.90 Å². The molecule has 0 saturated heterocycles. The van der Waals surface area contributed by atoms with E-state index in [2.05, 4.69) is 53.4 Å².